The molecule has 0 aliphatic heterocycles. The number of benzene rings is 3. The molecule has 3 aromatic carbocycles. The number of carboxylic acid groups (broad SMARTS) is 1. The summed E-state index contributed by atoms with van der Waals surface area (Å²) in [7, 11) is 0. The van der Waals surface area contributed by atoms with E-state index in [0.717, 1.165) is 60.4 Å². The van der Waals surface area contributed by atoms with Crippen LogP contribution in [0.2, 0.25) is 0 Å². The lowest BCUT2D eigenvalue weighted by Gasteiger charge is -2.23. The number of hydrogen-bond acceptors (Lipinski definition) is 4. The van der Waals surface area contributed by atoms with E-state index in [2.05, 4.69) is 69.4 Å². The van der Waals surface area contributed by atoms with Crippen molar-refractivity contribution in [1.82, 2.24) is 0 Å². The Kier molecular flexibility index (Phi) is 10.8. The van der Waals surface area contributed by atoms with E-state index >= 15 is 0 Å². The summed E-state index contributed by atoms with van der Waals surface area (Å²) in [5.74, 6) is 0.371. The second-order valence-electron chi connectivity index (χ2n) is 10.9. The number of nitrogen functional groups attached to an aromatic ring is 1. The average molecular weight is 531 g/mol. The fourth-order valence-corrected chi connectivity index (χ4v) is 5.18. The molecule has 39 heavy (non-hydrogen) atoms. The number of rotatable bonds is 14. The number of nitrogens with two attached hydrogens (primary N) is 1. The predicted octanol–water partition coefficient (Wildman–Crippen LogP) is 7.91. The van der Waals surface area contributed by atoms with Crippen molar-refractivity contribution in [3.8, 4) is 5.75 Å². The van der Waals surface area contributed by atoms with Gasteiger partial charge in [-0.25, -0.2) is 0 Å². The molecule has 3 atom stereocenters. The number of ether oxygens (including phenoxy) is 1. The molecule has 3 aromatic rings. The minimum atomic E-state index is -0.817. The molecule has 0 amide bonds. The standard InChI is InChI=1S/C34H46N2O3/c1-7-24(5)39-32-12-10-9-11-26(32)15-13-22(3)19-28-20-27(16-14-23(28)4)30(21-33(37)38)29-17-18-31(36-8-2)34(35)25(29)6/h9-12,14,16-18,20,22,24,30,36H,7-8,13,15,19,21,35H2,1-6H3,(H,37,38). The number of hydrogen-bond donors (Lipinski definition) is 3. The van der Waals surface area contributed by atoms with Crippen molar-refractivity contribution in [1.29, 1.82) is 0 Å². The van der Waals surface area contributed by atoms with Gasteiger partial charge in [0.05, 0.1) is 23.9 Å². The Balaban J connectivity index is 1.82. The molecule has 0 aliphatic rings. The summed E-state index contributed by atoms with van der Waals surface area (Å²) >= 11 is 0. The molecule has 0 bridgehead atoms. The highest BCUT2D eigenvalue weighted by atomic mass is 16.5. The van der Waals surface area contributed by atoms with Gasteiger partial charge in [0, 0.05) is 12.5 Å². The molecule has 0 spiro atoms. The maximum absolute atomic E-state index is 11.9. The smallest absolute Gasteiger partial charge is 0.304 e. The molecule has 0 saturated heterocycles. The maximum Gasteiger partial charge on any atom is 0.304 e. The average Bonchev–Trinajstić information content (AvgIpc) is 2.91. The van der Waals surface area contributed by atoms with E-state index in [9.17, 15) is 9.90 Å². The van der Waals surface area contributed by atoms with Crippen molar-refractivity contribution >= 4 is 17.3 Å². The minimum absolute atomic E-state index is 0.0197. The van der Waals surface area contributed by atoms with Crippen LogP contribution in [-0.4, -0.2) is 23.7 Å². The monoisotopic (exact) mass is 530 g/mol. The van der Waals surface area contributed by atoms with Gasteiger partial charge in [-0.05, 0) is 105 Å². The Morgan fingerprint density at radius 1 is 1.03 bits per heavy atom. The molecule has 3 unspecified atom stereocenters. The summed E-state index contributed by atoms with van der Waals surface area (Å²) in [6.45, 7) is 13.5. The van der Waals surface area contributed by atoms with E-state index in [-0.39, 0.29) is 18.4 Å². The first-order chi connectivity index (χ1) is 18.6. The zero-order valence-electron chi connectivity index (χ0n) is 24.5. The van der Waals surface area contributed by atoms with Crippen molar-refractivity contribution in [3.05, 3.63) is 88.0 Å². The van der Waals surface area contributed by atoms with E-state index in [1.165, 1.54) is 16.7 Å². The fraction of sp³-hybridized carbons (Fsp3) is 0.441. The molecule has 3 rings (SSSR count). The number of nitrogens with one attached hydrogen (secondary N) is 1. The van der Waals surface area contributed by atoms with Crippen molar-refractivity contribution in [2.24, 2.45) is 5.92 Å². The summed E-state index contributed by atoms with van der Waals surface area (Å²) in [4.78, 5) is 11.9. The lowest BCUT2D eigenvalue weighted by atomic mass is 9.83. The summed E-state index contributed by atoms with van der Waals surface area (Å²) in [5, 5.41) is 13.1. The number of carbonyl (C=O) groups is 1. The highest BCUT2D eigenvalue weighted by Crippen LogP contribution is 2.36. The molecule has 5 nitrogen and oxygen atoms in total. The summed E-state index contributed by atoms with van der Waals surface area (Å²) in [6, 6.07) is 18.8. The summed E-state index contributed by atoms with van der Waals surface area (Å²) in [6.07, 6.45) is 4.15. The minimum Gasteiger partial charge on any atom is -0.490 e. The third kappa shape index (κ3) is 8.01. The summed E-state index contributed by atoms with van der Waals surface area (Å²) < 4.78 is 6.16. The van der Waals surface area contributed by atoms with E-state index < -0.39 is 5.97 Å². The normalized spacial score (nSPS) is 13.5. The zero-order chi connectivity index (χ0) is 28.5. The maximum atomic E-state index is 11.9. The van der Waals surface area contributed by atoms with Crippen molar-refractivity contribution in [3.63, 3.8) is 0 Å². The molecule has 0 aromatic heterocycles. The van der Waals surface area contributed by atoms with Crippen LogP contribution in [0.1, 0.15) is 86.3 Å². The van der Waals surface area contributed by atoms with Gasteiger partial charge < -0.3 is 20.9 Å². The van der Waals surface area contributed by atoms with Crippen LogP contribution in [0.5, 0.6) is 5.75 Å². The van der Waals surface area contributed by atoms with Gasteiger partial charge in [0.15, 0.2) is 0 Å². The van der Waals surface area contributed by atoms with Gasteiger partial charge in [0.1, 0.15) is 5.75 Å². The molecule has 0 radical (unpaired) electrons. The molecule has 0 aliphatic carbocycles. The highest BCUT2D eigenvalue weighted by molar-refractivity contribution is 5.74. The molecular formula is C34H46N2O3. The van der Waals surface area contributed by atoms with Crippen LogP contribution in [0.25, 0.3) is 0 Å². The van der Waals surface area contributed by atoms with Gasteiger partial charge in [-0.3, -0.25) is 4.79 Å². The molecule has 4 N–H and O–H groups in total. The van der Waals surface area contributed by atoms with Gasteiger partial charge >= 0.3 is 5.97 Å². The van der Waals surface area contributed by atoms with E-state index in [1.54, 1.807) is 0 Å². The first-order valence-electron chi connectivity index (χ1n) is 14.3. The van der Waals surface area contributed by atoms with Crippen molar-refractivity contribution in [2.45, 2.75) is 85.7 Å². The largest absolute Gasteiger partial charge is 0.490 e. The highest BCUT2D eigenvalue weighted by Gasteiger charge is 2.23. The predicted molar refractivity (Wildman–Crippen MR) is 163 cm³/mol. The van der Waals surface area contributed by atoms with Gasteiger partial charge in [0.25, 0.3) is 0 Å². The fourth-order valence-electron chi connectivity index (χ4n) is 5.18. The van der Waals surface area contributed by atoms with E-state index in [0.29, 0.717) is 11.6 Å². The van der Waals surface area contributed by atoms with Crippen LogP contribution in [-0.2, 0) is 17.6 Å². The van der Waals surface area contributed by atoms with Crippen molar-refractivity contribution < 1.29 is 14.6 Å². The second kappa shape index (κ2) is 14.1. The SMILES string of the molecule is CCNc1ccc(C(CC(=O)O)c2ccc(C)c(CC(C)CCc3ccccc3OC(C)CC)c2)c(C)c1N. The third-order valence-electron chi connectivity index (χ3n) is 7.80. The Morgan fingerprint density at radius 2 is 1.77 bits per heavy atom. The Labute approximate surface area is 234 Å². The van der Waals surface area contributed by atoms with Crippen molar-refractivity contribution in [2.75, 3.05) is 17.6 Å². The van der Waals surface area contributed by atoms with Crippen LogP contribution >= 0.6 is 0 Å². The summed E-state index contributed by atoms with van der Waals surface area (Å²) in [5.41, 5.74) is 14.7. The van der Waals surface area contributed by atoms with Gasteiger partial charge in [-0.15, -0.1) is 0 Å². The van der Waals surface area contributed by atoms with E-state index in [1.807, 2.05) is 32.0 Å². The molecule has 5 heteroatoms. The van der Waals surface area contributed by atoms with Crippen LogP contribution in [0, 0.1) is 19.8 Å². The topological polar surface area (TPSA) is 84.6 Å². The molecular weight excluding hydrogens is 484 g/mol. The van der Waals surface area contributed by atoms with Crippen LogP contribution in [0.15, 0.2) is 54.6 Å². The number of anilines is 2. The second-order valence-corrected chi connectivity index (χ2v) is 10.9. The van der Waals surface area contributed by atoms with E-state index in [4.69, 9.17) is 10.5 Å². The molecule has 0 saturated carbocycles. The van der Waals surface area contributed by atoms with Gasteiger partial charge in [0.2, 0.25) is 0 Å². The lowest BCUT2D eigenvalue weighted by Crippen LogP contribution is -2.13. The first kappa shape index (κ1) is 30.1. The number of para-hydroxylation sites is 1. The van der Waals surface area contributed by atoms with Crippen LogP contribution < -0.4 is 15.8 Å². The molecule has 210 valence electrons. The zero-order valence-corrected chi connectivity index (χ0v) is 24.5. The quantitative estimate of drug-likeness (QED) is 0.184. The number of aryl methyl sites for hydroxylation is 2. The Bertz CT molecular complexity index is 1250. The third-order valence-corrected chi connectivity index (χ3v) is 7.80. The van der Waals surface area contributed by atoms with Crippen LogP contribution in [0.3, 0.4) is 0 Å². The molecule has 0 heterocycles. The van der Waals surface area contributed by atoms with Gasteiger partial charge in [-0.2, -0.15) is 0 Å². The van der Waals surface area contributed by atoms with Crippen LogP contribution in [0.4, 0.5) is 11.4 Å². The number of aliphatic carboxylic acids is 1. The Hall–Kier alpha value is -3.47. The van der Waals surface area contributed by atoms with Gasteiger partial charge in [-0.1, -0.05) is 56.3 Å². The molecule has 0 fully saturated rings. The lowest BCUT2D eigenvalue weighted by molar-refractivity contribution is -0.137. The first-order valence-corrected chi connectivity index (χ1v) is 14.3. The number of carboxylic acids is 1. The Morgan fingerprint density at radius 3 is 2.46 bits per heavy atom.